The fourth-order valence-electron chi connectivity index (χ4n) is 2.11. The molecule has 2 N–H and O–H groups in total. The van der Waals surface area contributed by atoms with Gasteiger partial charge in [-0.3, -0.25) is 0 Å². The Labute approximate surface area is 124 Å². The Morgan fingerprint density at radius 1 is 1.48 bits per heavy atom. The highest BCUT2D eigenvalue weighted by Crippen LogP contribution is 2.20. The number of benzene rings is 1. The summed E-state index contributed by atoms with van der Waals surface area (Å²) in [5.74, 6) is 0.841. The van der Waals surface area contributed by atoms with Crippen LogP contribution in [0.3, 0.4) is 0 Å². The van der Waals surface area contributed by atoms with Crippen LogP contribution in [0.15, 0.2) is 36.7 Å². The summed E-state index contributed by atoms with van der Waals surface area (Å²) in [5, 5.41) is 11.8. The topological polar surface area (TPSA) is 70.4 Å². The number of amides is 2. The van der Waals surface area contributed by atoms with Gasteiger partial charge in [0.05, 0.1) is 6.61 Å². The molecule has 21 heavy (non-hydrogen) atoms. The predicted octanol–water partition coefficient (Wildman–Crippen LogP) is 1.93. The van der Waals surface area contributed by atoms with E-state index in [2.05, 4.69) is 10.3 Å². The van der Waals surface area contributed by atoms with Crippen LogP contribution in [-0.2, 0) is 7.05 Å². The number of aliphatic hydroxyl groups excluding tert-OH is 1. The lowest BCUT2D eigenvalue weighted by Gasteiger charge is -2.20. The first-order valence-corrected chi connectivity index (χ1v) is 6.90. The fraction of sp³-hybridized carbons (Fsp3) is 0.333. The number of rotatable bonds is 5. The lowest BCUT2D eigenvalue weighted by molar-refractivity contribution is 0.192. The van der Waals surface area contributed by atoms with Crippen LogP contribution in [-0.4, -0.2) is 45.3 Å². The molecule has 0 unspecified atom stereocenters. The van der Waals surface area contributed by atoms with Gasteiger partial charge >= 0.3 is 6.03 Å². The van der Waals surface area contributed by atoms with E-state index in [9.17, 15) is 4.79 Å². The summed E-state index contributed by atoms with van der Waals surface area (Å²) in [7, 11) is 1.92. The molecule has 6 nitrogen and oxygen atoms in total. The molecule has 0 atom stereocenters. The number of urea groups is 1. The average molecular weight is 288 g/mol. The Balaban J connectivity index is 2.15. The highest BCUT2D eigenvalue weighted by atomic mass is 16.3. The molecule has 2 rings (SSSR count). The third-order valence-corrected chi connectivity index (χ3v) is 3.23. The van der Waals surface area contributed by atoms with Crippen molar-refractivity contribution in [2.45, 2.75) is 6.92 Å². The standard InChI is InChI=1S/C15H20N4O2/c1-3-19(9-10-20)15(21)17-13-6-4-5-12(11-13)14-16-7-8-18(14)2/h4-8,11,20H,3,9-10H2,1-2H3,(H,17,21). The number of aliphatic hydroxyl groups is 1. The number of nitrogens with zero attached hydrogens (tertiary/aromatic N) is 3. The SMILES string of the molecule is CCN(CCO)C(=O)Nc1cccc(-c2nccn2C)c1. The molecule has 112 valence electrons. The van der Waals surface area contributed by atoms with Crippen LogP contribution in [0.2, 0.25) is 0 Å². The van der Waals surface area contributed by atoms with E-state index < -0.39 is 0 Å². The zero-order valence-corrected chi connectivity index (χ0v) is 12.3. The second-order valence-corrected chi connectivity index (χ2v) is 4.68. The van der Waals surface area contributed by atoms with Gasteiger partial charge in [-0.25, -0.2) is 9.78 Å². The normalized spacial score (nSPS) is 10.4. The van der Waals surface area contributed by atoms with Gasteiger partial charge in [0, 0.05) is 43.8 Å². The lowest BCUT2D eigenvalue weighted by Crippen LogP contribution is -2.36. The van der Waals surface area contributed by atoms with Crippen LogP contribution in [0.1, 0.15) is 6.92 Å². The van der Waals surface area contributed by atoms with Crippen molar-refractivity contribution in [3.8, 4) is 11.4 Å². The van der Waals surface area contributed by atoms with Crippen LogP contribution >= 0.6 is 0 Å². The molecular formula is C15H20N4O2. The summed E-state index contributed by atoms with van der Waals surface area (Å²) in [6, 6.07) is 7.32. The molecular weight excluding hydrogens is 268 g/mol. The number of aryl methyl sites for hydroxylation is 1. The second-order valence-electron chi connectivity index (χ2n) is 4.68. The maximum absolute atomic E-state index is 12.1. The molecule has 0 fully saturated rings. The monoisotopic (exact) mass is 288 g/mol. The first kappa shape index (κ1) is 15.1. The molecule has 0 spiro atoms. The Morgan fingerprint density at radius 2 is 2.29 bits per heavy atom. The quantitative estimate of drug-likeness (QED) is 0.883. The van der Waals surface area contributed by atoms with E-state index in [1.54, 1.807) is 11.1 Å². The minimum Gasteiger partial charge on any atom is -0.395 e. The molecule has 0 saturated carbocycles. The average Bonchev–Trinajstić information content (AvgIpc) is 2.91. The van der Waals surface area contributed by atoms with E-state index in [4.69, 9.17) is 5.11 Å². The molecule has 1 aromatic carbocycles. The third kappa shape index (κ3) is 3.61. The van der Waals surface area contributed by atoms with Gasteiger partial charge in [-0.1, -0.05) is 12.1 Å². The number of carbonyl (C=O) groups is 1. The van der Waals surface area contributed by atoms with Crippen molar-refractivity contribution in [2.75, 3.05) is 25.0 Å². The summed E-state index contributed by atoms with van der Waals surface area (Å²) in [6.45, 7) is 2.70. The number of nitrogens with one attached hydrogen (secondary N) is 1. The van der Waals surface area contributed by atoms with Crippen LogP contribution < -0.4 is 5.32 Å². The Kier molecular flexibility index (Phi) is 4.94. The molecule has 1 heterocycles. The summed E-state index contributed by atoms with van der Waals surface area (Å²) < 4.78 is 1.92. The van der Waals surface area contributed by atoms with Crippen molar-refractivity contribution in [3.05, 3.63) is 36.7 Å². The summed E-state index contributed by atoms with van der Waals surface area (Å²) in [5.41, 5.74) is 1.64. The molecule has 0 saturated heterocycles. The third-order valence-electron chi connectivity index (χ3n) is 3.23. The van der Waals surface area contributed by atoms with Gasteiger partial charge in [0.2, 0.25) is 0 Å². The Hall–Kier alpha value is -2.34. The minimum absolute atomic E-state index is 0.0471. The first-order valence-electron chi connectivity index (χ1n) is 6.90. The lowest BCUT2D eigenvalue weighted by atomic mass is 10.2. The summed E-state index contributed by atoms with van der Waals surface area (Å²) in [4.78, 5) is 17.9. The Bertz CT molecular complexity index is 609. The highest BCUT2D eigenvalue weighted by Gasteiger charge is 2.11. The first-order chi connectivity index (χ1) is 10.2. The predicted molar refractivity (Wildman–Crippen MR) is 82.0 cm³/mol. The number of aromatic nitrogens is 2. The zero-order chi connectivity index (χ0) is 15.2. The van der Waals surface area contributed by atoms with Crippen LogP contribution in [0, 0.1) is 0 Å². The second kappa shape index (κ2) is 6.90. The summed E-state index contributed by atoms with van der Waals surface area (Å²) in [6.07, 6.45) is 3.61. The van der Waals surface area contributed by atoms with Crippen LogP contribution in [0.4, 0.5) is 10.5 Å². The van der Waals surface area contributed by atoms with Crippen molar-refractivity contribution in [1.29, 1.82) is 0 Å². The molecule has 1 aromatic heterocycles. The van der Waals surface area contributed by atoms with Crippen molar-refractivity contribution in [2.24, 2.45) is 7.05 Å². The number of carbonyl (C=O) groups excluding carboxylic acids is 1. The summed E-state index contributed by atoms with van der Waals surface area (Å²) >= 11 is 0. The Morgan fingerprint density at radius 3 is 2.90 bits per heavy atom. The molecule has 0 aliphatic heterocycles. The molecule has 0 aliphatic rings. The van der Waals surface area contributed by atoms with Gasteiger partial charge in [0.1, 0.15) is 5.82 Å². The number of imidazole rings is 1. The van der Waals surface area contributed by atoms with Crippen LogP contribution in [0.5, 0.6) is 0 Å². The maximum atomic E-state index is 12.1. The maximum Gasteiger partial charge on any atom is 0.321 e. The highest BCUT2D eigenvalue weighted by molar-refractivity contribution is 5.90. The van der Waals surface area contributed by atoms with E-state index in [1.165, 1.54) is 0 Å². The van der Waals surface area contributed by atoms with E-state index in [-0.39, 0.29) is 12.6 Å². The molecule has 2 amide bonds. The number of likely N-dealkylation sites (N-methyl/N-ethyl adjacent to an activating group) is 1. The number of hydrogen-bond acceptors (Lipinski definition) is 3. The van der Waals surface area contributed by atoms with E-state index in [1.807, 2.05) is 49.0 Å². The number of hydrogen-bond donors (Lipinski definition) is 2. The largest absolute Gasteiger partial charge is 0.395 e. The van der Waals surface area contributed by atoms with Crippen molar-refractivity contribution in [3.63, 3.8) is 0 Å². The van der Waals surface area contributed by atoms with Crippen molar-refractivity contribution in [1.82, 2.24) is 14.5 Å². The van der Waals surface area contributed by atoms with Crippen LogP contribution in [0.25, 0.3) is 11.4 Å². The van der Waals surface area contributed by atoms with Gasteiger partial charge < -0.3 is 19.9 Å². The molecule has 0 radical (unpaired) electrons. The number of anilines is 1. The fourth-order valence-corrected chi connectivity index (χ4v) is 2.11. The van der Waals surface area contributed by atoms with E-state index in [0.717, 1.165) is 11.4 Å². The molecule has 2 aromatic rings. The van der Waals surface area contributed by atoms with E-state index >= 15 is 0 Å². The van der Waals surface area contributed by atoms with Gasteiger partial charge in [0.25, 0.3) is 0 Å². The van der Waals surface area contributed by atoms with Gasteiger partial charge in [-0.15, -0.1) is 0 Å². The molecule has 0 bridgehead atoms. The molecule has 6 heteroatoms. The van der Waals surface area contributed by atoms with Gasteiger partial charge in [0.15, 0.2) is 0 Å². The van der Waals surface area contributed by atoms with Crippen molar-refractivity contribution >= 4 is 11.7 Å². The zero-order valence-electron chi connectivity index (χ0n) is 12.3. The minimum atomic E-state index is -0.219. The van der Waals surface area contributed by atoms with Crippen molar-refractivity contribution < 1.29 is 9.90 Å². The van der Waals surface area contributed by atoms with Gasteiger partial charge in [-0.05, 0) is 19.1 Å². The van der Waals surface area contributed by atoms with Gasteiger partial charge in [-0.2, -0.15) is 0 Å². The smallest absolute Gasteiger partial charge is 0.321 e. The molecule has 0 aliphatic carbocycles. The van der Waals surface area contributed by atoms with E-state index in [0.29, 0.717) is 18.8 Å².